The highest BCUT2D eigenvalue weighted by atomic mass is 35.5. The fraction of sp³-hybridized carbons (Fsp3) is 0.310. The van der Waals surface area contributed by atoms with Crippen LogP contribution in [0.25, 0.3) is 16.4 Å². The number of ether oxygens (including phenoxy) is 1. The molecule has 1 aliphatic rings. The lowest BCUT2D eigenvalue weighted by Gasteiger charge is -2.40. The van der Waals surface area contributed by atoms with Gasteiger partial charge in [0.2, 0.25) is 5.13 Å². The molecule has 0 spiro atoms. The second kappa shape index (κ2) is 11.2. The Morgan fingerprint density at radius 3 is 2.41 bits per heavy atom. The lowest BCUT2D eigenvalue weighted by molar-refractivity contribution is 0.0413. The summed E-state index contributed by atoms with van der Waals surface area (Å²) >= 11 is 7.46. The Morgan fingerprint density at radius 1 is 1.05 bits per heavy atom. The van der Waals surface area contributed by atoms with Gasteiger partial charge in [-0.2, -0.15) is 5.10 Å². The van der Waals surface area contributed by atoms with Crippen LogP contribution in [0.4, 0.5) is 0 Å². The van der Waals surface area contributed by atoms with Crippen molar-refractivity contribution in [3.8, 4) is 22.1 Å². The number of halogens is 1. The molecule has 10 heteroatoms. The minimum absolute atomic E-state index is 0.0463. The number of methoxy groups -OCH3 is 1. The van der Waals surface area contributed by atoms with E-state index in [1.54, 1.807) is 42.3 Å². The Hall–Kier alpha value is -3.69. The average Bonchev–Trinajstić information content (AvgIpc) is 3.61. The van der Waals surface area contributed by atoms with E-state index in [1.165, 1.54) is 11.3 Å². The highest BCUT2D eigenvalue weighted by Gasteiger charge is 2.33. The highest BCUT2D eigenvalue weighted by molar-refractivity contribution is 7.12. The zero-order valence-electron chi connectivity index (χ0n) is 22.3. The maximum absolute atomic E-state index is 13.7. The molecule has 5 rings (SSSR count). The minimum atomic E-state index is -0.130. The number of carbonyl (C=O) groups is 2. The molecule has 202 valence electrons. The Morgan fingerprint density at radius 2 is 1.77 bits per heavy atom. The molecule has 39 heavy (non-hydrogen) atoms. The average molecular weight is 564 g/mol. The molecule has 0 N–H and O–H groups in total. The van der Waals surface area contributed by atoms with Crippen molar-refractivity contribution < 1.29 is 14.3 Å². The van der Waals surface area contributed by atoms with Gasteiger partial charge in [0, 0.05) is 47.2 Å². The van der Waals surface area contributed by atoms with E-state index < -0.39 is 0 Å². The van der Waals surface area contributed by atoms with Crippen LogP contribution >= 0.6 is 22.9 Å². The smallest absolute Gasteiger partial charge is 0.257 e. The predicted octanol–water partition coefficient (Wildman–Crippen LogP) is 5.77. The van der Waals surface area contributed by atoms with Crippen molar-refractivity contribution in [2.45, 2.75) is 32.7 Å². The van der Waals surface area contributed by atoms with E-state index in [-0.39, 0.29) is 23.8 Å². The van der Waals surface area contributed by atoms with Gasteiger partial charge in [-0.15, -0.1) is 11.3 Å². The first-order valence-corrected chi connectivity index (χ1v) is 14.1. The number of piperazine rings is 1. The van der Waals surface area contributed by atoms with Gasteiger partial charge in [0.15, 0.2) is 0 Å². The minimum Gasteiger partial charge on any atom is -0.497 e. The van der Waals surface area contributed by atoms with Crippen molar-refractivity contribution in [3.05, 3.63) is 82.0 Å². The second-order valence-corrected chi connectivity index (χ2v) is 11.1. The van der Waals surface area contributed by atoms with Crippen LogP contribution in [0.1, 0.15) is 53.1 Å². The number of aromatic nitrogens is 3. The van der Waals surface area contributed by atoms with Crippen LogP contribution in [0, 0.1) is 0 Å². The summed E-state index contributed by atoms with van der Waals surface area (Å²) in [5.41, 5.74) is 3.80. The van der Waals surface area contributed by atoms with Gasteiger partial charge in [-0.25, -0.2) is 9.67 Å². The van der Waals surface area contributed by atoms with Gasteiger partial charge in [0.05, 0.1) is 30.3 Å². The summed E-state index contributed by atoms with van der Waals surface area (Å²) in [6, 6.07) is 14.5. The van der Waals surface area contributed by atoms with Gasteiger partial charge in [0.25, 0.3) is 11.8 Å². The Balaban J connectivity index is 1.34. The van der Waals surface area contributed by atoms with E-state index in [9.17, 15) is 9.59 Å². The molecule has 0 aliphatic carbocycles. The Bertz CT molecular complexity index is 1480. The fourth-order valence-corrected chi connectivity index (χ4v) is 5.79. The van der Waals surface area contributed by atoms with E-state index in [0.29, 0.717) is 40.9 Å². The highest BCUT2D eigenvalue weighted by Crippen LogP contribution is 2.30. The molecule has 0 radical (unpaired) electrons. The summed E-state index contributed by atoms with van der Waals surface area (Å²) in [7, 11) is 1.64. The number of carbonyl (C=O) groups excluding carboxylic acids is 2. The van der Waals surface area contributed by atoms with Gasteiger partial charge >= 0.3 is 0 Å². The van der Waals surface area contributed by atoms with Crippen LogP contribution in [-0.2, 0) is 0 Å². The number of amides is 2. The molecule has 1 atom stereocenters. The van der Waals surface area contributed by atoms with Crippen molar-refractivity contribution in [1.29, 1.82) is 0 Å². The predicted molar refractivity (Wildman–Crippen MR) is 153 cm³/mol. The summed E-state index contributed by atoms with van der Waals surface area (Å²) in [4.78, 5) is 35.2. The zero-order chi connectivity index (χ0) is 27.7. The maximum atomic E-state index is 13.7. The van der Waals surface area contributed by atoms with Crippen LogP contribution < -0.4 is 4.74 Å². The maximum Gasteiger partial charge on any atom is 0.257 e. The van der Waals surface area contributed by atoms with Crippen LogP contribution in [0.3, 0.4) is 0 Å². The van der Waals surface area contributed by atoms with Gasteiger partial charge < -0.3 is 14.5 Å². The number of benzene rings is 2. The van der Waals surface area contributed by atoms with E-state index in [0.717, 1.165) is 22.7 Å². The number of thiazole rings is 1. The number of hydrogen-bond donors (Lipinski definition) is 0. The largest absolute Gasteiger partial charge is 0.497 e. The molecule has 1 aliphatic heterocycles. The van der Waals surface area contributed by atoms with Crippen molar-refractivity contribution in [2.75, 3.05) is 26.7 Å². The topological polar surface area (TPSA) is 80.6 Å². The van der Waals surface area contributed by atoms with Gasteiger partial charge in [-0.3, -0.25) is 9.59 Å². The molecule has 8 nitrogen and oxygen atoms in total. The molecular formula is C29H30ClN5O3S. The quantitative estimate of drug-likeness (QED) is 0.297. The summed E-state index contributed by atoms with van der Waals surface area (Å²) in [5, 5.41) is 7.87. The molecule has 0 saturated carbocycles. The van der Waals surface area contributed by atoms with Crippen molar-refractivity contribution in [3.63, 3.8) is 0 Å². The molecule has 2 aromatic heterocycles. The van der Waals surface area contributed by atoms with Gasteiger partial charge in [-0.1, -0.05) is 25.4 Å². The molecular weight excluding hydrogens is 534 g/mol. The Labute approximate surface area is 236 Å². The standard InChI is InChI=1S/C29H30ClN5O3S/c1-18(2)26-24(15-31-35(26)29-32-25(17-39-29)20-7-11-23(38-4)12-8-20)28(37)33-13-14-34(19(3)16-33)27(36)21-5-9-22(30)10-6-21/h5-12,15,17-19H,13-14,16H2,1-4H3. The Kier molecular flexibility index (Phi) is 7.72. The number of nitrogens with zero attached hydrogens (tertiary/aromatic N) is 5. The van der Waals surface area contributed by atoms with Crippen molar-refractivity contribution in [1.82, 2.24) is 24.6 Å². The molecule has 1 saturated heterocycles. The summed E-state index contributed by atoms with van der Waals surface area (Å²) in [5.74, 6) is 0.696. The molecule has 2 amide bonds. The fourth-order valence-electron chi connectivity index (χ4n) is 4.86. The first kappa shape index (κ1) is 26.9. The third-order valence-corrected chi connectivity index (χ3v) is 7.98. The van der Waals surface area contributed by atoms with E-state index in [4.69, 9.17) is 21.3 Å². The normalized spacial score (nSPS) is 15.6. The van der Waals surface area contributed by atoms with Gasteiger partial charge in [-0.05, 0) is 61.4 Å². The van der Waals surface area contributed by atoms with E-state index >= 15 is 0 Å². The summed E-state index contributed by atoms with van der Waals surface area (Å²) in [6.07, 6.45) is 1.64. The summed E-state index contributed by atoms with van der Waals surface area (Å²) < 4.78 is 7.03. The van der Waals surface area contributed by atoms with Crippen molar-refractivity contribution in [2.24, 2.45) is 0 Å². The second-order valence-electron chi connectivity index (χ2n) is 9.86. The molecule has 0 bridgehead atoms. The first-order chi connectivity index (χ1) is 18.8. The molecule has 1 unspecified atom stereocenters. The first-order valence-electron chi connectivity index (χ1n) is 12.8. The summed E-state index contributed by atoms with van der Waals surface area (Å²) in [6.45, 7) is 7.42. The number of hydrogen-bond acceptors (Lipinski definition) is 6. The van der Waals surface area contributed by atoms with Crippen LogP contribution in [0.15, 0.2) is 60.1 Å². The SMILES string of the molecule is COc1ccc(-c2csc(-n3ncc(C(=O)N4CCN(C(=O)c5ccc(Cl)cc5)C(C)C4)c3C(C)C)n2)cc1. The van der Waals surface area contributed by atoms with Crippen LogP contribution in [-0.4, -0.2) is 69.2 Å². The molecule has 2 aromatic carbocycles. The van der Waals surface area contributed by atoms with Crippen molar-refractivity contribution >= 4 is 34.8 Å². The number of rotatable bonds is 6. The molecule has 3 heterocycles. The lowest BCUT2D eigenvalue weighted by atomic mass is 10.0. The lowest BCUT2D eigenvalue weighted by Crippen LogP contribution is -2.55. The van der Waals surface area contributed by atoms with E-state index in [1.807, 2.05) is 60.2 Å². The van der Waals surface area contributed by atoms with Crippen LogP contribution in [0.5, 0.6) is 5.75 Å². The van der Waals surface area contributed by atoms with Crippen LogP contribution in [0.2, 0.25) is 5.02 Å². The molecule has 1 fully saturated rings. The third-order valence-electron chi connectivity index (χ3n) is 6.91. The molecule has 4 aromatic rings. The third kappa shape index (κ3) is 5.42. The van der Waals surface area contributed by atoms with E-state index in [2.05, 4.69) is 5.10 Å². The van der Waals surface area contributed by atoms with Gasteiger partial charge in [0.1, 0.15) is 5.75 Å². The zero-order valence-corrected chi connectivity index (χ0v) is 23.9. The monoisotopic (exact) mass is 563 g/mol.